The first-order valence-electron chi connectivity index (χ1n) is 6.29. The molecule has 0 radical (unpaired) electrons. The lowest BCUT2D eigenvalue weighted by Crippen LogP contribution is -2.38. The normalized spacial score (nSPS) is 10.3. The Bertz CT molecular complexity index is 341. The standard InChI is InChI=1S/C14H22N2O2/c1-3-16(12-13-7-5-4-6-8-13)14(17)11-15-9-10-18-2/h4-8,15H,3,9-12H2,1-2H3. The quantitative estimate of drug-likeness (QED) is 0.707. The Morgan fingerprint density at radius 3 is 2.67 bits per heavy atom. The van der Waals surface area contributed by atoms with Crippen LogP contribution in [-0.4, -0.2) is 44.2 Å². The number of nitrogens with one attached hydrogen (secondary N) is 1. The molecule has 0 aromatic heterocycles. The van der Waals surface area contributed by atoms with Gasteiger partial charge in [-0.3, -0.25) is 4.79 Å². The zero-order valence-corrected chi connectivity index (χ0v) is 11.2. The number of methoxy groups -OCH3 is 1. The molecule has 0 unspecified atom stereocenters. The van der Waals surface area contributed by atoms with Gasteiger partial charge in [0.05, 0.1) is 13.2 Å². The second-order valence-corrected chi connectivity index (χ2v) is 4.06. The van der Waals surface area contributed by atoms with Crippen molar-refractivity contribution >= 4 is 5.91 Å². The van der Waals surface area contributed by atoms with E-state index in [1.54, 1.807) is 7.11 Å². The van der Waals surface area contributed by atoms with E-state index >= 15 is 0 Å². The van der Waals surface area contributed by atoms with Gasteiger partial charge >= 0.3 is 0 Å². The van der Waals surface area contributed by atoms with Crippen LogP contribution in [0.2, 0.25) is 0 Å². The molecule has 0 bridgehead atoms. The molecule has 0 saturated carbocycles. The van der Waals surface area contributed by atoms with Crippen LogP contribution >= 0.6 is 0 Å². The van der Waals surface area contributed by atoms with Gasteiger partial charge in [0.25, 0.3) is 0 Å². The molecule has 0 saturated heterocycles. The summed E-state index contributed by atoms with van der Waals surface area (Å²) in [4.78, 5) is 13.8. The summed E-state index contributed by atoms with van der Waals surface area (Å²) in [5.41, 5.74) is 1.16. The fraction of sp³-hybridized carbons (Fsp3) is 0.500. The maximum absolute atomic E-state index is 12.0. The fourth-order valence-corrected chi connectivity index (χ4v) is 1.66. The van der Waals surface area contributed by atoms with Gasteiger partial charge in [0, 0.05) is 26.7 Å². The second kappa shape index (κ2) is 8.66. The third-order valence-electron chi connectivity index (χ3n) is 2.71. The van der Waals surface area contributed by atoms with Crippen molar-refractivity contribution in [2.24, 2.45) is 0 Å². The highest BCUT2D eigenvalue weighted by atomic mass is 16.5. The van der Waals surface area contributed by atoms with E-state index in [4.69, 9.17) is 4.74 Å². The summed E-state index contributed by atoms with van der Waals surface area (Å²) in [6.45, 7) is 5.07. The molecule has 0 atom stereocenters. The van der Waals surface area contributed by atoms with Crippen molar-refractivity contribution in [1.82, 2.24) is 10.2 Å². The maximum atomic E-state index is 12.0. The van der Waals surface area contributed by atoms with Crippen molar-refractivity contribution in [3.63, 3.8) is 0 Å². The third-order valence-corrected chi connectivity index (χ3v) is 2.71. The van der Waals surface area contributed by atoms with E-state index in [1.165, 1.54) is 0 Å². The van der Waals surface area contributed by atoms with E-state index in [0.29, 0.717) is 26.2 Å². The van der Waals surface area contributed by atoms with Gasteiger partial charge in [0.1, 0.15) is 0 Å². The van der Waals surface area contributed by atoms with Crippen LogP contribution < -0.4 is 5.32 Å². The minimum atomic E-state index is 0.123. The highest BCUT2D eigenvalue weighted by Gasteiger charge is 2.11. The Morgan fingerprint density at radius 2 is 2.06 bits per heavy atom. The van der Waals surface area contributed by atoms with Crippen molar-refractivity contribution in [2.45, 2.75) is 13.5 Å². The number of carbonyl (C=O) groups excluding carboxylic acids is 1. The Morgan fingerprint density at radius 1 is 1.33 bits per heavy atom. The monoisotopic (exact) mass is 250 g/mol. The van der Waals surface area contributed by atoms with Gasteiger partial charge in [0.15, 0.2) is 0 Å². The summed E-state index contributed by atoms with van der Waals surface area (Å²) < 4.78 is 4.92. The molecule has 4 nitrogen and oxygen atoms in total. The van der Waals surface area contributed by atoms with Crippen molar-refractivity contribution in [1.29, 1.82) is 0 Å². The van der Waals surface area contributed by atoms with E-state index in [0.717, 1.165) is 12.1 Å². The number of hydrogen-bond acceptors (Lipinski definition) is 3. The molecular weight excluding hydrogens is 228 g/mol. The maximum Gasteiger partial charge on any atom is 0.236 e. The molecule has 1 N–H and O–H groups in total. The van der Waals surface area contributed by atoms with Gasteiger partial charge in [-0.25, -0.2) is 0 Å². The van der Waals surface area contributed by atoms with Crippen LogP contribution in [0.3, 0.4) is 0 Å². The minimum absolute atomic E-state index is 0.123. The van der Waals surface area contributed by atoms with E-state index in [-0.39, 0.29) is 5.91 Å². The first-order valence-corrected chi connectivity index (χ1v) is 6.29. The lowest BCUT2D eigenvalue weighted by molar-refractivity contribution is -0.130. The molecule has 100 valence electrons. The number of likely N-dealkylation sites (N-methyl/N-ethyl adjacent to an activating group) is 1. The molecule has 4 heteroatoms. The average molecular weight is 250 g/mol. The molecular formula is C14H22N2O2. The second-order valence-electron chi connectivity index (χ2n) is 4.06. The van der Waals surface area contributed by atoms with Crippen molar-refractivity contribution in [3.05, 3.63) is 35.9 Å². The number of ether oxygens (including phenoxy) is 1. The Labute approximate surface area is 109 Å². The first kappa shape index (κ1) is 14.7. The number of hydrogen-bond donors (Lipinski definition) is 1. The van der Waals surface area contributed by atoms with Gasteiger partial charge in [-0.15, -0.1) is 0 Å². The lowest BCUT2D eigenvalue weighted by atomic mass is 10.2. The molecule has 1 rings (SSSR count). The summed E-state index contributed by atoms with van der Waals surface area (Å²) in [7, 11) is 1.65. The van der Waals surface area contributed by atoms with E-state index in [1.807, 2.05) is 42.2 Å². The van der Waals surface area contributed by atoms with E-state index in [9.17, 15) is 4.79 Å². The molecule has 0 heterocycles. The largest absolute Gasteiger partial charge is 0.383 e. The predicted octanol–water partition coefficient (Wildman–Crippen LogP) is 1.27. The van der Waals surface area contributed by atoms with Crippen LogP contribution in [-0.2, 0) is 16.1 Å². The molecule has 0 aliphatic carbocycles. The van der Waals surface area contributed by atoms with E-state index in [2.05, 4.69) is 5.32 Å². The number of carbonyl (C=O) groups is 1. The van der Waals surface area contributed by atoms with Gasteiger partial charge in [0.2, 0.25) is 5.91 Å². The highest BCUT2D eigenvalue weighted by Crippen LogP contribution is 2.04. The smallest absolute Gasteiger partial charge is 0.236 e. The number of benzene rings is 1. The number of amides is 1. The minimum Gasteiger partial charge on any atom is -0.383 e. The van der Waals surface area contributed by atoms with Crippen molar-refractivity contribution in [2.75, 3.05) is 33.4 Å². The van der Waals surface area contributed by atoms with Crippen LogP contribution in [0.5, 0.6) is 0 Å². The Hall–Kier alpha value is -1.39. The van der Waals surface area contributed by atoms with Crippen LogP contribution in [0.25, 0.3) is 0 Å². The van der Waals surface area contributed by atoms with Gasteiger partial charge in [-0.2, -0.15) is 0 Å². The summed E-state index contributed by atoms with van der Waals surface area (Å²) in [6, 6.07) is 10.0. The summed E-state index contributed by atoms with van der Waals surface area (Å²) in [5.74, 6) is 0.123. The zero-order chi connectivity index (χ0) is 13.2. The molecule has 1 amide bonds. The summed E-state index contributed by atoms with van der Waals surface area (Å²) in [6.07, 6.45) is 0. The van der Waals surface area contributed by atoms with Gasteiger partial charge in [-0.05, 0) is 12.5 Å². The van der Waals surface area contributed by atoms with Crippen molar-refractivity contribution in [3.8, 4) is 0 Å². The lowest BCUT2D eigenvalue weighted by Gasteiger charge is -2.21. The number of rotatable bonds is 8. The number of nitrogens with zero attached hydrogens (tertiary/aromatic N) is 1. The Balaban J connectivity index is 2.38. The Kier molecular flexibility index (Phi) is 7.06. The molecule has 0 aliphatic heterocycles. The third kappa shape index (κ3) is 5.29. The van der Waals surface area contributed by atoms with Crippen LogP contribution in [0, 0.1) is 0 Å². The topological polar surface area (TPSA) is 41.6 Å². The first-order chi connectivity index (χ1) is 8.77. The van der Waals surface area contributed by atoms with Gasteiger partial charge < -0.3 is 15.0 Å². The molecule has 0 fully saturated rings. The van der Waals surface area contributed by atoms with E-state index < -0.39 is 0 Å². The zero-order valence-electron chi connectivity index (χ0n) is 11.2. The summed E-state index contributed by atoms with van der Waals surface area (Å²) in [5, 5.41) is 3.07. The van der Waals surface area contributed by atoms with Crippen LogP contribution in [0.4, 0.5) is 0 Å². The SMILES string of the molecule is CCN(Cc1ccccc1)C(=O)CNCCOC. The van der Waals surface area contributed by atoms with Crippen LogP contribution in [0.1, 0.15) is 12.5 Å². The highest BCUT2D eigenvalue weighted by molar-refractivity contribution is 5.78. The fourth-order valence-electron chi connectivity index (χ4n) is 1.66. The van der Waals surface area contributed by atoms with Crippen molar-refractivity contribution < 1.29 is 9.53 Å². The summed E-state index contributed by atoms with van der Waals surface area (Å²) >= 11 is 0. The predicted molar refractivity (Wildman–Crippen MR) is 72.3 cm³/mol. The molecule has 1 aromatic rings. The average Bonchev–Trinajstić information content (AvgIpc) is 2.42. The molecule has 0 spiro atoms. The van der Waals surface area contributed by atoms with Crippen LogP contribution in [0.15, 0.2) is 30.3 Å². The molecule has 0 aliphatic rings. The van der Waals surface area contributed by atoms with Gasteiger partial charge in [-0.1, -0.05) is 30.3 Å². The molecule has 18 heavy (non-hydrogen) atoms. The molecule has 1 aromatic carbocycles.